The number of rotatable bonds is 36. The number of hydrogen-bond acceptors (Lipinski definition) is 8. The Morgan fingerprint density at radius 3 is 1.64 bits per heavy atom. The molecular weight excluding hydrogens is 713 g/mol. The molecule has 9 nitrogen and oxygen atoms in total. The Hall–Kier alpha value is -2.81. The lowest BCUT2D eigenvalue weighted by atomic mass is 10.1. The van der Waals surface area contributed by atoms with E-state index < -0.39 is 32.5 Å². The van der Waals surface area contributed by atoms with Crippen LogP contribution in [0, 0.1) is 0 Å². The van der Waals surface area contributed by atoms with Crippen molar-refractivity contribution in [3.63, 3.8) is 0 Å². The van der Waals surface area contributed by atoms with Crippen LogP contribution in [0.25, 0.3) is 0 Å². The first-order chi connectivity index (χ1) is 26.5. The number of hydrogen-bond donors (Lipinski definition) is 0. The van der Waals surface area contributed by atoms with E-state index in [1.54, 1.807) is 6.08 Å². The second-order valence-electron chi connectivity index (χ2n) is 14.6. The lowest BCUT2D eigenvalue weighted by Gasteiger charge is -2.28. The summed E-state index contributed by atoms with van der Waals surface area (Å²) < 4.78 is 33.7. The molecule has 55 heavy (non-hydrogen) atoms. The van der Waals surface area contributed by atoms with Crippen molar-refractivity contribution in [1.82, 2.24) is 0 Å². The highest BCUT2D eigenvalue weighted by Gasteiger charge is 2.21. The van der Waals surface area contributed by atoms with Gasteiger partial charge in [-0.15, -0.1) is 0 Å². The second-order valence-corrected chi connectivity index (χ2v) is 16.0. The molecule has 0 bridgehead atoms. The quantitative estimate of drug-likeness (QED) is 0.0203. The molecule has 0 amide bonds. The minimum atomic E-state index is -4.66. The van der Waals surface area contributed by atoms with Crippen LogP contribution in [0.4, 0.5) is 0 Å². The van der Waals surface area contributed by atoms with Crippen LogP contribution in [0.2, 0.25) is 0 Å². The number of unbranched alkanes of at least 4 members (excludes halogenated alkanes) is 9. The van der Waals surface area contributed by atoms with Crippen molar-refractivity contribution < 1.29 is 42.1 Å². The highest BCUT2D eigenvalue weighted by Crippen LogP contribution is 2.38. The first kappa shape index (κ1) is 52.2. The van der Waals surface area contributed by atoms with E-state index in [1.165, 1.54) is 32.1 Å². The fourth-order valence-electron chi connectivity index (χ4n) is 4.93. The number of nitrogens with zero attached hydrogens (tertiary/aromatic N) is 1. The van der Waals surface area contributed by atoms with Crippen molar-refractivity contribution in [2.75, 3.05) is 47.5 Å². The molecule has 0 aromatic heterocycles. The molecule has 0 aromatic rings. The lowest BCUT2D eigenvalue weighted by molar-refractivity contribution is -0.870. The molecule has 0 fully saturated rings. The normalized spacial score (nSPS) is 14.5. The maximum absolute atomic E-state index is 12.6. The van der Waals surface area contributed by atoms with Gasteiger partial charge >= 0.3 is 11.9 Å². The molecule has 0 radical (unpaired) electrons. The molecule has 2 unspecified atom stereocenters. The number of carbonyl (C=O) groups excluding carboxylic acids is 2. The number of esters is 2. The largest absolute Gasteiger partial charge is 0.756 e. The van der Waals surface area contributed by atoms with E-state index in [4.69, 9.17) is 18.5 Å². The number of carbonyl (C=O) groups is 2. The molecule has 0 N–H and O–H groups in total. The van der Waals surface area contributed by atoms with E-state index in [1.807, 2.05) is 33.3 Å². The van der Waals surface area contributed by atoms with Crippen LogP contribution in [0.1, 0.15) is 136 Å². The third kappa shape index (κ3) is 40.7. The zero-order chi connectivity index (χ0) is 40.7. The standard InChI is InChI=1S/C45H76NO8P/c1-6-8-10-12-14-16-18-20-22-24-25-27-29-31-33-35-37-44(47)51-41-43(42-53-55(49,50)52-40-39-46(3,4)5)54-45(48)38-36-34-32-30-28-26-23-21-19-17-15-13-11-9-7-2/h9,11,15-18,21-24,28,30,34,36,43H,6-8,10,12-14,19-20,25-27,29,31-33,35,37-42H2,1-5H3/b11-9-,17-15-,18-16-,23-21-,24-22-,30-28-,36-34-. The van der Waals surface area contributed by atoms with Crippen LogP contribution in [0.15, 0.2) is 85.1 Å². The van der Waals surface area contributed by atoms with E-state index in [0.717, 1.165) is 64.2 Å². The maximum Gasteiger partial charge on any atom is 0.310 e. The molecule has 10 heteroatoms. The third-order valence-electron chi connectivity index (χ3n) is 8.18. The van der Waals surface area contributed by atoms with Gasteiger partial charge in [0.15, 0.2) is 6.10 Å². The van der Waals surface area contributed by atoms with Crippen molar-refractivity contribution in [3.8, 4) is 0 Å². The molecular formula is C45H76NO8P. The lowest BCUT2D eigenvalue weighted by Crippen LogP contribution is -2.37. The van der Waals surface area contributed by atoms with Gasteiger partial charge in [0.05, 0.1) is 34.2 Å². The molecule has 2 atom stereocenters. The summed E-state index contributed by atoms with van der Waals surface area (Å²) in [7, 11) is 1.09. The molecule has 0 aromatic carbocycles. The zero-order valence-electron chi connectivity index (χ0n) is 35.1. The van der Waals surface area contributed by atoms with Gasteiger partial charge in [-0.1, -0.05) is 137 Å². The maximum atomic E-state index is 12.6. The fourth-order valence-corrected chi connectivity index (χ4v) is 5.66. The molecule has 314 valence electrons. The fraction of sp³-hybridized carbons (Fsp3) is 0.644. The van der Waals surface area contributed by atoms with E-state index in [-0.39, 0.29) is 26.1 Å². The Labute approximate surface area is 335 Å². The Morgan fingerprint density at radius 2 is 1.09 bits per heavy atom. The number of ether oxygens (including phenoxy) is 2. The van der Waals surface area contributed by atoms with Gasteiger partial charge < -0.3 is 27.9 Å². The van der Waals surface area contributed by atoms with Crippen molar-refractivity contribution >= 4 is 19.8 Å². The number of allylic oxidation sites excluding steroid dienone is 13. The molecule has 0 saturated carbocycles. The number of quaternary nitrogens is 1. The molecule has 0 saturated heterocycles. The van der Waals surface area contributed by atoms with Crippen molar-refractivity contribution in [2.24, 2.45) is 0 Å². The monoisotopic (exact) mass is 790 g/mol. The molecule has 0 aliphatic heterocycles. The van der Waals surface area contributed by atoms with Crippen LogP contribution in [0.3, 0.4) is 0 Å². The van der Waals surface area contributed by atoms with Crippen LogP contribution in [0.5, 0.6) is 0 Å². The smallest absolute Gasteiger partial charge is 0.310 e. The minimum absolute atomic E-state index is 0.0148. The summed E-state index contributed by atoms with van der Waals surface area (Å²) in [4.78, 5) is 37.4. The van der Waals surface area contributed by atoms with Gasteiger partial charge in [0, 0.05) is 6.42 Å². The van der Waals surface area contributed by atoms with Gasteiger partial charge in [0.2, 0.25) is 0 Å². The summed E-state index contributed by atoms with van der Waals surface area (Å²) in [5.74, 6) is -1.01. The van der Waals surface area contributed by atoms with E-state index in [0.29, 0.717) is 23.9 Å². The molecule has 0 rings (SSSR count). The summed E-state index contributed by atoms with van der Waals surface area (Å²) in [6.45, 7) is 3.93. The van der Waals surface area contributed by atoms with Crippen molar-refractivity contribution in [2.45, 2.75) is 142 Å². The number of likely N-dealkylation sites (N-methyl/N-ethyl adjacent to an activating group) is 1. The Kier molecular flexibility index (Phi) is 34.9. The summed E-state index contributed by atoms with van der Waals surface area (Å²) in [5, 5.41) is 0. The van der Waals surface area contributed by atoms with Gasteiger partial charge in [-0.2, -0.15) is 0 Å². The molecule has 0 heterocycles. The highest BCUT2D eigenvalue weighted by atomic mass is 31.2. The third-order valence-corrected chi connectivity index (χ3v) is 9.15. The Bertz CT molecular complexity index is 1210. The van der Waals surface area contributed by atoms with Crippen LogP contribution < -0.4 is 4.89 Å². The van der Waals surface area contributed by atoms with Crippen LogP contribution in [-0.2, 0) is 32.7 Å². The van der Waals surface area contributed by atoms with Crippen molar-refractivity contribution in [3.05, 3.63) is 85.1 Å². The number of phosphoric acid groups is 1. The van der Waals surface area contributed by atoms with E-state index >= 15 is 0 Å². The summed E-state index contributed by atoms with van der Waals surface area (Å²) >= 11 is 0. The highest BCUT2D eigenvalue weighted by molar-refractivity contribution is 7.45. The Morgan fingerprint density at radius 1 is 0.600 bits per heavy atom. The first-order valence-electron chi connectivity index (χ1n) is 20.8. The van der Waals surface area contributed by atoms with E-state index in [9.17, 15) is 19.0 Å². The molecule has 0 aliphatic carbocycles. The topological polar surface area (TPSA) is 111 Å². The second kappa shape index (κ2) is 36.8. The van der Waals surface area contributed by atoms with Gasteiger partial charge in [-0.3, -0.25) is 14.2 Å². The average molecular weight is 790 g/mol. The van der Waals surface area contributed by atoms with Gasteiger partial charge in [0.25, 0.3) is 7.82 Å². The first-order valence-corrected chi connectivity index (χ1v) is 22.3. The summed E-state index contributed by atoms with van der Waals surface area (Å²) in [6, 6.07) is 0. The predicted octanol–water partition coefficient (Wildman–Crippen LogP) is 11.0. The predicted molar refractivity (Wildman–Crippen MR) is 226 cm³/mol. The zero-order valence-corrected chi connectivity index (χ0v) is 36.0. The van der Waals surface area contributed by atoms with Gasteiger partial charge in [-0.25, -0.2) is 0 Å². The summed E-state index contributed by atoms with van der Waals surface area (Å²) in [5.41, 5.74) is 0. The summed E-state index contributed by atoms with van der Waals surface area (Å²) in [6.07, 6.45) is 46.4. The number of phosphoric ester groups is 1. The molecule has 0 aliphatic rings. The van der Waals surface area contributed by atoms with Gasteiger partial charge in [-0.05, 0) is 70.6 Å². The van der Waals surface area contributed by atoms with Crippen LogP contribution >= 0.6 is 7.82 Å². The van der Waals surface area contributed by atoms with Crippen molar-refractivity contribution in [1.29, 1.82) is 0 Å². The Balaban J connectivity index is 4.57. The molecule has 0 spiro atoms. The van der Waals surface area contributed by atoms with E-state index in [2.05, 4.69) is 80.7 Å². The van der Waals surface area contributed by atoms with Crippen LogP contribution in [-0.4, -0.2) is 70.0 Å². The van der Waals surface area contributed by atoms with Gasteiger partial charge in [0.1, 0.15) is 19.8 Å². The average Bonchev–Trinajstić information content (AvgIpc) is 3.13. The minimum Gasteiger partial charge on any atom is -0.756 e. The SMILES string of the molecule is CC/C=C\C/C=C\C/C=C\C/C=C\C/C=C\CC(=O)OC(COC(=O)CCCCCCC/C=C\C/C=C\CCCCCC)COP(=O)([O-])OCC[N+](C)(C)C.